The molecule has 26 heavy (non-hydrogen) atoms. The number of hydroxylamine groups is 1. The summed E-state index contributed by atoms with van der Waals surface area (Å²) in [6, 6.07) is -2.52. The molecular formula is C16H29N3O7. The summed E-state index contributed by atoms with van der Waals surface area (Å²) in [7, 11) is 0. The van der Waals surface area contributed by atoms with Gasteiger partial charge in [0.15, 0.2) is 0 Å². The summed E-state index contributed by atoms with van der Waals surface area (Å²) in [5, 5.41) is 31.7. The van der Waals surface area contributed by atoms with E-state index < -0.39 is 54.2 Å². The molecule has 0 fully saturated rings. The first-order chi connectivity index (χ1) is 12.0. The minimum Gasteiger partial charge on any atom is -0.480 e. The lowest BCUT2D eigenvalue weighted by Crippen LogP contribution is -2.55. The second-order valence-electron chi connectivity index (χ2n) is 6.88. The zero-order valence-corrected chi connectivity index (χ0v) is 15.5. The van der Waals surface area contributed by atoms with E-state index in [9.17, 15) is 24.3 Å². The van der Waals surface area contributed by atoms with Crippen molar-refractivity contribution >= 4 is 23.7 Å². The highest BCUT2D eigenvalue weighted by atomic mass is 16.5. The molecule has 0 aliphatic rings. The van der Waals surface area contributed by atoms with E-state index in [1.165, 1.54) is 5.48 Å². The average Bonchev–Trinajstić information content (AvgIpc) is 2.55. The molecule has 0 heterocycles. The van der Waals surface area contributed by atoms with Crippen molar-refractivity contribution in [2.75, 3.05) is 6.61 Å². The van der Waals surface area contributed by atoms with Crippen LogP contribution in [0.5, 0.6) is 0 Å². The van der Waals surface area contributed by atoms with Gasteiger partial charge in [0.05, 0.1) is 6.61 Å². The SMILES string of the molecule is CC(C)CC(CC(=O)NO)C(=O)N[C@@H](CO)C(=O)N[C@H](C(=O)O)C(C)C. The van der Waals surface area contributed by atoms with Crippen LogP contribution in [0.2, 0.25) is 0 Å². The fourth-order valence-electron chi connectivity index (χ4n) is 2.37. The van der Waals surface area contributed by atoms with Gasteiger partial charge in [0, 0.05) is 12.3 Å². The Labute approximate surface area is 152 Å². The van der Waals surface area contributed by atoms with Crippen molar-refractivity contribution in [3.05, 3.63) is 0 Å². The molecule has 0 saturated heterocycles. The van der Waals surface area contributed by atoms with Crippen LogP contribution in [-0.4, -0.2) is 57.8 Å². The van der Waals surface area contributed by atoms with Crippen LogP contribution in [0.25, 0.3) is 0 Å². The maximum Gasteiger partial charge on any atom is 0.326 e. The number of carboxylic acid groups (broad SMARTS) is 1. The molecule has 0 aromatic carbocycles. The first-order valence-corrected chi connectivity index (χ1v) is 8.40. The Morgan fingerprint density at radius 3 is 1.92 bits per heavy atom. The molecule has 0 rings (SSSR count). The van der Waals surface area contributed by atoms with Gasteiger partial charge in [-0.2, -0.15) is 0 Å². The Morgan fingerprint density at radius 1 is 0.962 bits per heavy atom. The van der Waals surface area contributed by atoms with Crippen molar-refractivity contribution in [3.63, 3.8) is 0 Å². The third kappa shape index (κ3) is 8.26. The molecule has 1 unspecified atom stereocenters. The van der Waals surface area contributed by atoms with E-state index >= 15 is 0 Å². The Hall–Kier alpha value is -2.20. The van der Waals surface area contributed by atoms with Gasteiger partial charge in [-0.15, -0.1) is 0 Å². The number of aliphatic carboxylic acids is 1. The minimum absolute atomic E-state index is 0.0657. The second-order valence-corrected chi connectivity index (χ2v) is 6.88. The molecule has 0 saturated carbocycles. The summed E-state index contributed by atoms with van der Waals surface area (Å²) in [5.41, 5.74) is 1.45. The fourth-order valence-corrected chi connectivity index (χ4v) is 2.37. The van der Waals surface area contributed by atoms with E-state index in [4.69, 9.17) is 10.3 Å². The van der Waals surface area contributed by atoms with E-state index in [2.05, 4.69) is 10.6 Å². The molecule has 3 atom stereocenters. The number of aliphatic hydroxyl groups excluding tert-OH is 1. The van der Waals surface area contributed by atoms with Gasteiger partial charge in [-0.05, 0) is 18.3 Å². The summed E-state index contributed by atoms with van der Waals surface area (Å²) in [6.07, 6.45) is 0.0345. The van der Waals surface area contributed by atoms with E-state index in [1.807, 2.05) is 13.8 Å². The lowest BCUT2D eigenvalue weighted by atomic mass is 9.92. The fraction of sp³-hybridized carbons (Fsp3) is 0.750. The van der Waals surface area contributed by atoms with Gasteiger partial charge >= 0.3 is 5.97 Å². The van der Waals surface area contributed by atoms with Gasteiger partial charge in [0.25, 0.3) is 0 Å². The van der Waals surface area contributed by atoms with Gasteiger partial charge < -0.3 is 20.8 Å². The van der Waals surface area contributed by atoms with Gasteiger partial charge in [-0.25, -0.2) is 10.3 Å². The molecular weight excluding hydrogens is 346 g/mol. The molecule has 0 aliphatic heterocycles. The summed E-state index contributed by atoms with van der Waals surface area (Å²) in [5.74, 6) is -4.60. The van der Waals surface area contributed by atoms with Crippen LogP contribution in [0, 0.1) is 17.8 Å². The molecule has 10 nitrogen and oxygen atoms in total. The second kappa shape index (κ2) is 11.4. The number of aliphatic hydroxyl groups is 1. The van der Waals surface area contributed by atoms with Crippen molar-refractivity contribution in [2.24, 2.45) is 17.8 Å². The van der Waals surface area contributed by atoms with Gasteiger partial charge in [-0.3, -0.25) is 19.6 Å². The number of carbonyl (C=O) groups is 4. The highest BCUT2D eigenvalue weighted by Gasteiger charge is 2.30. The highest BCUT2D eigenvalue weighted by molar-refractivity contribution is 5.92. The van der Waals surface area contributed by atoms with Gasteiger partial charge in [-0.1, -0.05) is 27.7 Å². The van der Waals surface area contributed by atoms with E-state index in [1.54, 1.807) is 13.8 Å². The zero-order chi connectivity index (χ0) is 20.4. The largest absolute Gasteiger partial charge is 0.480 e. The van der Waals surface area contributed by atoms with Crippen LogP contribution >= 0.6 is 0 Å². The summed E-state index contributed by atoms with van der Waals surface area (Å²) < 4.78 is 0. The van der Waals surface area contributed by atoms with Crippen LogP contribution in [-0.2, 0) is 19.2 Å². The Kier molecular flexibility index (Phi) is 10.5. The van der Waals surface area contributed by atoms with Crippen LogP contribution < -0.4 is 16.1 Å². The van der Waals surface area contributed by atoms with Gasteiger partial charge in [0.2, 0.25) is 17.7 Å². The number of amides is 3. The molecule has 0 aromatic rings. The van der Waals surface area contributed by atoms with E-state index in [-0.39, 0.29) is 12.3 Å². The van der Waals surface area contributed by atoms with Crippen molar-refractivity contribution in [1.29, 1.82) is 0 Å². The third-order valence-corrected chi connectivity index (χ3v) is 3.73. The van der Waals surface area contributed by atoms with Crippen molar-refractivity contribution < 1.29 is 34.6 Å². The van der Waals surface area contributed by atoms with Crippen molar-refractivity contribution in [1.82, 2.24) is 16.1 Å². The quantitative estimate of drug-likeness (QED) is 0.204. The third-order valence-electron chi connectivity index (χ3n) is 3.73. The number of hydrogen-bond acceptors (Lipinski definition) is 6. The Balaban J connectivity index is 5.07. The van der Waals surface area contributed by atoms with Crippen molar-refractivity contribution in [3.8, 4) is 0 Å². The lowest BCUT2D eigenvalue weighted by molar-refractivity contribution is -0.144. The maximum absolute atomic E-state index is 12.4. The minimum atomic E-state index is -1.35. The Morgan fingerprint density at radius 2 is 1.54 bits per heavy atom. The topological polar surface area (TPSA) is 165 Å². The van der Waals surface area contributed by atoms with Crippen molar-refractivity contribution in [2.45, 2.75) is 52.6 Å². The molecule has 6 N–H and O–H groups in total. The maximum atomic E-state index is 12.4. The predicted octanol–water partition coefficient (Wildman–Crippen LogP) is -0.753. The highest BCUT2D eigenvalue weighted by Crippen LogP contribution is 2.16. The summed E-state index contributed by atoms with van der Waals surface area (Å²) in [6.45, 7) is 6.17. The van der Waals surface area contributed by atoms with E-state index in [0.29, 0.717) is 6.42 Å². The Bertz CT molecular complexity index is 508. The van der Waals surface area contributed by atoms with Crippen LogP contribution in [0.3, 0.4) is 0 Å². The molecule has 0 radical (unpaired) electrons. The van der Waals surface area contributed by atoms with Crippen LogP contribution in [0.15, 0.2) is 0 Å². The summed E-state index contributed by atoms with van der Waals surface area (Å²) >= 11 is 0. The molecule has 0 aromatic heterocycles. The number of rotatable bonds is 11. The van der Waals surface area contributed by atoms with E-state index in [0.717, 1.165) is 0 Å². The first kappa shape index (κ1) is 23.8. The molecule has 150 valence electrons. The van der Waals surface area contributed by atoms with Crippen LogP contribution in [0.1, 0.15) is 40.5 Å². The standard InChI is InChI=1S/C16H29N3O7/c1-8(2)5-10(6-12(21)19-26)14(22)17-11(7-20)15(23)18-13(9(3)4)16(24)25/h8-11,13,20,26H,5-7H2,1-4H3,(H,17,22)(H,18,23)(H,19,21)(H,24,25)/t10?,11-,13-/m0/s1. The molecule has 0 aliphatic carbocycles. The number of carbonyl (C=O) groups excluding carboxylic acids is 3. The number of carboxylic acids is 1. The molecule has 10 heteroatoms. The zero-order valence-electron chi connectivity index (χ0n) is 15.5. The summed E-state index contributed by atoms with van der Waals surface area (Å²) in [4.78, 5) is 47.1. The predicted molar refractivity (Wildman–Crippen MR) is 90.9 cm³/mol. The monoisotopic (exact) mass is 375 g/mol. The average molecular weight is 375 g/mol. The smallest absolute Gasteiger partial charge is 0.326 e. The number of hydrogen-bond donors (Lipinski definition) is 6. The first-order valence-electron chi connectivity index (χ1n) is 8.40. The normalized spacial score (nSPS) is 14.5. The van der Waals surface area contributed by atoms with Crippen LogP contribution in [0.4, 0.5) is 0 Å². The van der Waals surface area contributed by atoms with Gasteiger partial charge in [0.1, 0.15) is 12.1 Å². The number of nitrogens with one attached hydrogen (secondary N) is 3. The molecule has 3 amide bonds. The molecule has 0 spiro atoms. The molecule has 0 bridgehead atoms. The lowest BCUT2D eigenvalue weighted by Gasteiger charge is -2.24.